The molecular formula is C9H20N2OS. The Kier molecular flexibility index (Phi) is 3.74. The summed E-state index contributed by atoms with van der Waals surface area (Å²) < 4.78 is 19.0. The lowest BCUT2D eigenvalue weighted by Crippen LogP contribution is -2.38. The summed E-state index contributed by atoms with van der Waals surface area (Å²) in [6.45, 7) is 5.39. The van der Waals surface area contributed by atoms with E-state index in [2.05, 4.69) is 11.8 Å². The van der Waals surface area contributed by atoms with Gasteiger partial charge in [0.05, 0.1) is 0 Å². The Morgan fingerprint density at radius 2 is 2.00 bits per heavy atom. The number of piperidine rings is 1. The molecule has 0 saturated carbocycles. The molecule has 0 aromatic heterocycles. The van der Waals surface area contributed by atoms with Gasteiger partial charge in [-0.15, -0.1) is 0 Å². The van der Waals surface area contributed by atoms with Crippen LogP contribution in [0.15, 0.2) is 0 Å². The minimum atomic E-state index is -2.29. The third-order valence-corrected chi connectivity index (χ3v) is 4.45. The molecule has 1 unspecified atom stereocenters. The van der Waals surface area contributed by atoms with Crippen molar-refractivity contribution < 1.29 is 4.21 Å². The molecule has 1 atom stereocenters. The van der Waals surface area contributed by atoms with Crippen LogP contribution >= 0.6 is 0 Å². The highest BCUT2D eigenvalue weighted by atomic mass is 32.2. The molecule has 1 rings (SSSR count). The SMILES string of the molecule is CCCN1CCC(S(C)(=N)=O)CC1. The largest absolute Gasteiger partial charge is 0.303 e. The fourth-order valence-corrected chi connectivity index (χ4v) is 3.01. The first-order valence-electron chi connectivity index (χ1n) is 4.99. The maximum absolute atomic E-state index is 11.5. The van der Waals surface area contributed by atoms with Gasteiger partial charge in [-0.1, -0.05) is 6.92 Å². The summed E-state index contributed by atoms with van der Waals surface area (Å²) >= 11 is 0. The van der Waals surface area contributed by atoms with Crippen LogP contribution in [0.2, 0.25) is 0 Å². The summed E-state index contributed by atoms with van der Waals surface area (Å²) in [6.07, 6.45) is 4.65. The maximum Gasteiger partial charge on any atom is 0.0449 e. The molecule has 1 heterocycles. The molecule has 0 amide bonds. The third-order valence-electron chi connectivity index (χ3n) is 2.71. The molecule has 0 aliphatic carbocycles. The van der Waals surface area contributed by atoms with E-state index in [1.165, 1.54) is 6.42 Å². The second-order valence-corrected chi connectivity index (χ2v) is 6.42. The van der Waals surface area contributed by atoms with Crippen molar-refractivity contribution in [2.75, 3.05) is 25.9 Å². The smallest absolute Gasteiger partial charge is 0.0449 e. The summed E-state index contributed by atoms with van der Waals surface area (Å²) in [5.74, 6) is 0. The molecule has 0 aromatic carbocycles. The summed E-state index contributed by atoms with van der Waals surface area (Å²) in [5, 5.41) is 0.139. The van der Waals surface area contributed by atoms with Gasteiger partial charge in [0.25, 0.3) is 0 Å². The lowest BCUT2D eigenvalue weighted by molar-refractivity contribution is 0.231. The van der Waals surface area contributed by atoms with E-state index in [1.54, 1.807) is 6.26 Å². The van der Waals surface area contributed by atoms with Gasteiger partial charge in [-0.25, -0.2) is 4.21 Å². The number of rotatable bonds is 3. The minimum absolute atomic E-state index is 0.139. The van der Waals surface area contributed by atoms with Crippen molar-refractivity contribution in [2.24, 2.45) is 0 Å². The van der Waals surface area contributed by atoms with Gasteiger partial charge in [-0.2, -0.15) is 0 Å². The van der Waals surface area contributed by atoms with Crippen molar-refractivity contribution in [1.29, 1.82) is 4.78 Å². The lowest BCUT2D eigenvalue weighted by Gasteiger charge is -2.31. The van der Waals surface area contributed by atoms with Crippen LogP contribution in [0.3, 0.4) is 0 Å². The van der Waals surface area contributed by atoms with Crippen LogP contribution in [0, 0.1) is 4.78 Å². The Balaban J connectivity index is 2.39. The number of hydrogen-bond donors (Lipinski definition) is 1. The van der Waals surface area contributed by atoms with Gasteiger partial charge in [0, 0.05) is 21.2 Å². The van der Waals surface area contributed by atoms with Gasteiger partial charge in [-0.3, -0.25) is 4.78 Å². The molecule has 0 radical (unpaired) electrons. The van der Waals surface area contributed by atoms with Crippen LogP contribution in [-0.4, -0.2) is 40.2 Å². The quantitative estimate of drug-likeness (QED) is 0.758. The molecule has 1 fully saturated rings. The van der Waals surface area contributed by atoms with E-state index in [9.17, 15) is 4.21 Å². The molecule has 78 valence electrons. The van der Waals surface area contributed by atoms with Gasteiger partial charge < -0.3 is 4.90 Å². The van der Waals surface area contributed by atoms with Gasteiger partial charge in [0.2, 0.25) is 0 Å². The van der Waals surface area contributed by atoms with Crippen LogP contribution in [0.5, 0.6) is 0 Å². The second kappa shape index (κ2) is 4.42. The summed E-state index contributed by atoms with van der Waals surface area (Å²) in [7, 11) is -2.29. The zero-order valence-electron chi connectivity index (χ0n) is 8.58. The number of hydrogen-bond acceptors (Lipinski definition) is 3. The molecule has 13 heavy (non-hydrogen) atoms. The Morgan fingerprint density at radius 3 is 2.38 bits per heavy atom. The normalized spacial score (nSPS) is 25.7. The molecule has 3 nitrogen and oxygen atoms in total. The third kappa shape index (κ3) is 3.27. The van der Waals surface area contributed by atoms with Gasteiger partial charge in [0.1, 0.15) is 0 Å². The van der Waals surface area contributed by atoms with E-state index in [4.69, 9.17) is 4.78 Å². The lowest BCUT2D eigenvalue weighted by atomic mass is 10.1. The number of nitrogens with zero attached hydrogens (tertiary/aromatic N) is 1. The molecule has 1 saturated heterocycles. The molecule has 4 heteroatoms. The predicted molar refractivity (Wildman–Crippen MR) is 56.5 cm³/mol. The van der Waals surface area contributed by atoms with E-state index >= 15 is 0 Å². The van der Waals surface area contributed by atoms with Gasteiger partial charge in [0.15, 0.2) is 0 Å². The average molecular weight is 204 g/mol. The topological polar surface area (TPSA) is 44.2 Å². The van der Waals surface area contributed by atoms with E-state index in [1.807, 2.05) is 0 Å². The molecule has 1 N–H and O–H groups in total. The average Bonchev–Trinajstić information content (AvgIpc) is 2.04. The Morgan fingerprint density at radius 1 is 1.46 bits per heavy atom. The van der Waals surface area contributed by atoms with Crippen molar-refractivity contribution in [2.45, 2.75) is 31.4 Å². The van der Waals surface area contributed by atoms with E-state index in [-0.39, 0.29) is 5.25 Å². The van der Waals surface area contributed by atoms with E-state index in [0.29, 0.717) is 0 Å². The fraction of sp³-hybridized carbons (Fsp3) is 1.00. The highest BCUT2D eigenvalue weighted by Gasteiger charge is 2.23. The molecule has 0 spiro atoms. The van der Waals surface area contributed by atoms with Crippen LogP contribution < -0.4 is 0 Å². The molecule has 1 aliphatic rings. The minimum Gasteiger partial charge on any atom is -0.303 e. The maximum atomic E-state index is 11.5. The first kappa shape index (κ1) is 11.0. The van der Waals surface area contributed by atoms with Crippen LogP contribution in [0.4, 0.5) is 0 Å². The van der Waals surface area contributed by atoms with Crippen LogP contribution in [0.1, 0.15) is 26.2 Å². The number of nitrogens with one attached hydrogen (secondary N) is 1. The van der Waals surface area contributed by atoms with Crippen molar-refractivity contribution in [1.82, 2.24) is 4.90 Å². The van der Waals surface area contributed by atoms with Crippen molar-refractivity contribution in [3.05, 3.63) is 0 Å². The second-order valence-electron chi connectivity index (χ2n) is 3.94. The first-order chi connectivity index (χ1) is 6.04. The van der Waals surface area contributed by atoms with E-state index < -0.39 is 9.73 Å². The fourth-order valence-electron chi connectivity index (χ4n) is 1.90. The van der Waals surface area contributed by atoms with Crippen LogP contribution in [0.25, 0.3) is 0 Å². The Bertz CT molecular complexity index is 240. The standard InChI is InChI=1S/C9H20N2OS/c1-3-6-11-7-4-9(5-8-11)13(2,10)12/h9-10H,3-8H2,1-2H3. The monoisotopic (exact) mass is 204 g/mol. The Hall–Kier alpha value is -0.0900. The highest BCUT2D eigenvalue weighted by molar-refractivity contribution is 7.92. The molecular weight excluding hydrogens is 184 g/mol. The van der Waals surface area contributed by atoms with Crippen LogP contribution in [-0.2, 0) is 9.73 Å². The summed E-state index contributed by atoms with van der Waals surface area (Å²) in [6, 6.07) is 0. The summed E-state index contributed by atoms with van der Waals surface area (Å²) in [5.41, 5.74) is 0. The van der Waals surface area contributed by atoms with Gasteiger partial charge >= 0.3 is 0 Å². The molecule has 1 aliphatic heterocycles. The van der Waals surface area contributed by atoms with Crippen molar-refractivity contribution >= 4 is 9.73 Å². The van der Waals surface area contributed by atoms with Gasteiger partial charge in [-0.05, 0) is 38.9 Å². The zero-order valence-corrected chi connectivity index (χ0v) is 9.40. The van der Waals surface area contributed by atoms with Crippen molar-refractivity contribution in [3.8, 4) is 0 Å². The number of likely N-dealkylation sites (tertiary alicyclic amines) is 1. The zero-order chi connectivity index (χ0) is 9.90. The summed E-state index contributed by atoms with van der Waals surface area (Å²) in [4.78, 5) is 2.40. The van der Waals surface area contributed by atoms with E-state index in [0.717, 1.165) is 32.5 Å². The Labute approximate surface area is 81.5 Å². The van der Waals surface area contributed by atoms with Crippen molar-refractivity contribution in [3.63, 3.8) is 0 Å². The molecule has 0 bridgehead atoms. The predicted octanol–water partition coefficient (Wildman–Crippen LogP) is 1.54. The highest BCUT2D eigenvalue weighted by Crippen LogP contribution is 2.17. The first-order valence-corrected chi connectivity index (χ1v) is 7.02. The molecule has 0 aromatic rings.